The molecule has 2 fully saturated rings. The highest BCUT2D eigenvalue weighted by molar-refractivity contribution is 7.89. The summed E-state index contributed by atoms with van der Waals surface area (Å²) < 4.78 is 27.5. The molecule has 1 saturated heterocycles. The third kappa shape index (κ3) is 4.09. The summed E-state index contributed by atoms with van der Waals surface area (Å²) in [4.78, 5) is 14.5. The van der Waals surface area contributed by atoms with E-state index in [9.17, 15) is 18.3 Å². The van der Waals surface area contributed by atoms with Gasteiger partial charge in [-0.15, -0.1) is 0 Å². The lowest BCUT2D eigenvalue weighted by Gasteiger charge is -2.38. The molecule has 0 spiro atoms. The van der Waals surface area contributed by atoms with Crippen LogP contribution < -0.4 is 5.32 Å². The number of likely N-dealkylation sites (N-methyl/N-ethyl adjacent to an activating group) is 1. The molecule has 2 N–H and O–H groups in total. The van der Waals surface area contributed by atoms with Gasteiger partial charge in [0, 0.05) is 43.9 Å². The minimum Gasteiger partial charge on any atom is -0.396 e. The first kappa shape index (κ1) is 19.3. The number of benzene rings is 1. The molecule has 1 heterocycles. The van der Waals surface area contributed by atoms with Crippen molar-refractivity contribution in [2.45, 2.75) is 42.7 Å². The Kier molecular flexibility index (Phi) is 5.96. The lowest BCUT2D eigenvalue weighted by Crippen LogP contribution is -2.53. The molecule has 0 bridgehead atoms. The molecule has 1 aliphatic heterocycles. The van der Waals surface area contributed by atoms with Crippen molar-refractivity contribution >= 4 is 15.9 Å². The minimum atomic E-state index is -3.67. The van der Waals surface area contributed by atoms with Crippen LogP contribution in [0, 0.1) is 0 Å². The zero-order valence-electron chi connectivity index (χ0n) is 15.1. The molecule has 0 radical (unpaired) electrons. The number of carbonyl (C=O) groups is 1. The zero-order valence-corrected chi connectivity index (χ0v) is 15.9. The van der Waals surface area contributed by atoms with E-state index in [1.54, 1.807) is 12.1 Å². The monoisotopic (exact) mass is 381 g/mol. The normalized spacial score (nSPS) is 22.8. The largest absolute Gasteiger partial charge is 0.396 e. The first-order valence-electron chi connectivity index (χ1n) is 9.14. The van der Waals surface area contributed by atoms with Crippen molar-refractivity contribution in [1.29, 1.82) is 0 Å². The van der Waals surface area contributed by atoms with Crippen LogP contribution in [0.2, 0.25) is 0 Å². The van der Waals surface area contributed by atoms with Crippen molar-refractivity contribution < 1.29 is 18.3 Å². The van der Waals surface area contributed by atoms with E-state index in [1.165, 1.54) is 16.4 Å². The van der Waals surface area contributed by atoms with Crippen molar-refractivity contribution in [1.82, 2.24) is 14.5 Å². The van der Waals surface area contributed by atoms with Gasteiger partial charge in [-0.1, -0.05) is 6.07 Å². The Balaban J connectivity index is 1.76. The Morgan fingerprint density at radius 2 is 2.08 bits per heavy atom. The highest BCUT2D eigenvalue weighted by atomic mass is 32.2. The van der Waals surface area contributed by atoms with Crippen molar-refractivity contribution in [2.75, 3.05) is 33.3 Å². The second kappa shape index (κ2) is 8.04. The Morgan fingerprint density at radius 3 is 2.73 bits per heavy atom. The second-order valence-corrected chi connectivity index (χ2v) is 9.08. The van der Waals surface area contributed by atoms with E-state index in [2.05, 4.69) is 10.2 Å². The predicted octanol–water partition coefficient (Wildman–Crippen LogP) is 0.656. The number of amides is 1. The van der Waals surface area contributed by atoms with E-state index >= 15 is 0 Å². The van der Waals surface area contributed by atoms with Gasteiger partial charge in [0.2, 0.25) is 10.0 Å². The summed E-state index contributed by atoms with van der Waals surface area (Å²) in [6.45, 7) is 1.39. The molecule has 1 aliphatic carbocycles. The molecule has 1 amide bonds. The second-order valence-electron chi connectivity index (χ2n) is 7.14. The fourth-order valence-electron chi connectivity index (χ4n) is 3.36. The van der Waals surface area contributed by atoms with Crippen LogP contribution in [0.15, 0.2) is 29.2 Å². The molecule has 3 rings (SSSR count). The SMILES string of the molecule is CN1CCN(S(=O)(=O)c2cccc(C(=O)NC3CCC3)c2)CC1CCO. The van der Waals surface area contributed by atoms with Crippen LogP contribution in [0.25, 0.3) is 0 Å². The molecular formula is C18H27N3O4S. The van der Waals surface area contributed by atoms with Crippen LogP contribution >= 0.6 is 0 Å². The fourth-order valence-corrected chi connectivity index (χ4v) is 4.88. The van der Waals surface area contributed by atoms with Crippen LogP contribution in [0.3, 0.4) is 0 Å². The number of hydrogen-bond acceptors (Lipinski definition) is 5. The number of nitrogens with zero attached hydrogens (tertiary/aromatic N) is 2. The van der Waals surface area contributed by atoms with Crippen LogP contribution in [0.1, 0.15) is 36.0 Å². The summed E-state index contributed by atoms with van der Waals surface area (Å²) in [6, 6.07) is 6.46. The van der Waals surface area contributed by atoms with Gasteiger partial charge in [0.05, 0.1) is 4.90 Å². The smallest absolute Gasteiger partial charge is 0.251 e. The van der Waals surface area contributed by atoms with E-state index in [0.29, 0.717) is 31.6 Å². The molecule has 1 unspecified atom stereocenters. The molecule has 2 aliphatic rings. The average Bonchev–Trinajstić information content (AvgIpc) is 2.60. The topological polar surface area (TPSA) is 90.0 Å². The third-order valence-corrected chi connectivity index (χ3v) is 7.24. The standard InChI is InChI=1S/C18H27N3O4S/c1-20-9-10-21(13-16(20)8-11-22)26(24,25)17-7-2-4-14(12-17)18(23)19-15-5-3-6-15/h2,4,7,12,15-16,22H,3,5-6,8-11,13H2,1H3,(H,19,23). The van der Waals surface area contributed by atoms with Crippen LogP contribution in [0.5, 0.6) is 0 Å². The number of carbonyl (C=O) groups excluding carboxylic acids is 1. The summed E-state index contributed by atoms with van der Waals surface area (Å²) in [6.07, 6.45) is 3.62. The van der Waals surface area contributed by atoms with Crippen LogP contribution in [-0.2, 0) is 10.0 Å². The zero-order chi connectivity index (χ0) is 18.7. The minimum absolute atomic E-state index is 0.00590. The van der Waals surface area contributed by atoms with Gasteiger partial charge in [-0.05, 0) is 50.9 Å². The van der Waals surface area contributed by atoms with Gasteiger partial charge in [0.15, 0.2) is 0 Å². The van der Waals surface area contributed by atoms with Crippen LogP contribution in [-0.4, -0.2) is 74.0 Å². The quantitative estimate of drug-likeness (QED) is 0.755. The van der Waals surface area contributed by atoms with Crippen molar-refractivity contribution in [3.8, 4) is 0 Å². The Hall–Kier alpha value is -1.48. The van der Waals surface area contributed by atoms with Gasteiger partial charge < -0.3 is 15.3 Å². The molecule has 1 aromatic rings. The highest BCUT2D eigenvalue weighted by Gasteiger charge is 2.32. The van der Waals surface area contributed by atoms with Gasteiger partial charge >= 0.3 is 0 Å². The van der Waals surface area contributed by atoms with Crippen molar-refractivity contribution in [2.24, 2.45) is 0 Å². The Labute approximate surface area is 155 Å². The lowest BCUT2D eigenvalue weighted by molar-refractivity contribution is 0.0916. The maximum atomic E-state index is 13.0. The number of nitrogens with one attached hydrogen (secondary N) is 1. The van der Waals surface area contributed by atoms with E-state index in [-0.39, 0.29) is 29.5 Å². The molecule has 1 saturated carbocycles. The van der Waals surface area contributed by atoms with Gasteiger partial charge in [0.1, 0.15) is 0 Å². The predicted molar refractivity (Wildman–Crippen MR) is 98.4 cm³/mol. The molecule has 1 aromatic carbocycles. The maximum absolute atomic E-state index is 13.0. The maximum Gasteiger partial charge on any atom is 0.251 e. The number of aliphatic hydroxyl groups excluding tert-OH is 1. The van der Waals surface area contributed by atoms with E-state index in [0.717, 1.165) is 19.3 Å². The average molecular weight is 381 g/mol. The molecule has 7 nitrogen and oxygen atoms in total. The Bertz CT molecular complexity index is 749. The molecule has 144 valence electrons. The van der Waals surface area contributed by atoms with Gasteiger partial charge in [-0.2, -0.15) is 4.31 Å². The van der Waals surface area contributed by atoms with E-state index < -0.39 is 10.0 Å². The molecule has 1 atom stereocenters. The highest BCUT2D eigenvalue weighted by Crippen LogP contribution is 2.22. The Morgan fingerprint density at radius 1 is 1.31 bits per heavy atom. The summed E-state index contributed by atoms with van der Waals surface area (Å²) in [5.41, 5.74) is 0.374. The lowest BCUT2D eigenvalue weighted by atomic mass is 9.93. The molecule has 8 heteroatoms. The van der Waals surface area contributed by atoms with Crippen molar-refractivity contribution in [3.05, 3.63) is 29.8 Å². The molecule has 26 heavy (non-hydrogen) atoms. The molecular weight excluding hydrogens is 354 g/mol. The molecule has 0 aromatic heterocycles. The first-order chi connectivity index (χ1) is 12.4. The van der Waals surface area contributed by atoms with E-state index in [4.69, 9.17) is 0 Å². The van der Waals surface area contributed by atoms with Crippen LogP contribution in [0.4, 0.5) is 0 Å². The fraction of sp³-hybridized carbons (Fsp3) is 0.611. The van der Waals surface area contributed by atoms with Gasteiger partial charge in [-0.3, -0.25) is 4.79 Å². The number of hydrogen-bond donors (Lipinski definition) is 2. The summed E-state index contributed by atoms with van der Waals surface area (Å²) in [5.74, 6) is -0.219. The van der Waals surface area contributed by atoms with Gasteiger partial charge in [-0.25, -0.2) is 8.42 Å². The third-order valence-electron chi connectivity index (χ3n) is 5.38. The van der Waals surface area contributed by atoms with Gasteiger partial charge in [0.25, 0.3) is 5.91 Å². The van der Waals surface area contributed by atoms with Crippen molar-refractivity contribution in [3.63, 3.8) is 0 Å². The number of sulfonamides is 1. The number of aliphatic hydroxyl groups is 1. The number of rotatable bonds is 6. The summed E-state index contributed by atoms with van der Waals surface area (Å²) >= 11 is 0. The number of piperazine rings is 1. The first-order valence-corrected chi connectivity index (χ1v) is 10.6. The summed E-state index contributed by atoms with van der Waals surface area (Å²) in [7, 11) is -1.73. The summed E-state index contributed by atoms with van der Waals surface area (Å²) in [5, 5.41) is 12.1. The van der Waals surface area contributed by atoms with E-state index in [1.807, 2.05) is 7.05 Å².